The number of anilines is 1. The molecule has 122 valence electrons. The van der Waals surface area contributed by atoms with Gasteiger partial charge in [-0.15, -0.1) is 0 Å². The second kappa shape index (κ2) is 7.09. The van der Waals surface area contributed by atoms with Gasteiger partial charge in [-0.3, -0.25) is 4.98 Å². The summed E-state index contributed by atoms with van der Waals surface area (Å²) in [4.78, 5) is 31.1. The summed E-state index contributed by atoms with van der Waals surface area (Å²) in [6.07, 6.45) is 7.61. The molecule has 1 saturated carbocycles. The van der Waals surface area contributed by atoms with Crippen molar-refractivity contribution in [2.24, 2.45) is 5.92 Å². The molecule has 1 aliphatic carbocycles. The first kappa shape index (κ1) is 15.3. The summed E-state index contributed by atoms with van der Waals surface area (Å²) in [6.45, 7) is 1.93. The highest BCUT2D eigenvalue weighted by atomic mass is 16.5. The predicted octanol–water partition coefficient (Wildman–Crippen LogP) is 1.28. The molecular weight excluding hydrogens is 284 g/mol. The number of nitrogens with zero attached hydrogens (tertiary/aromatic N) is 2. The van der Waals surface area contributed by atoms with Gasteiger partial charge in [-0.25, -0.2) is 14.2 Å². The number of ether oxygens (including phenoxy) is 1. The number of rotatable bonds is 4. The molecule has 0 atom stereocenters. The molecule has 1 aromatic rings. The summed E-state index contributed by atoms with van der Waals surface area (Å²) in [5, 5.41) is 3.12. The smallest absolute Gasteiger partial charge is 0.355 e. The number of H-pyrrole nitrogens is 1. The normalized spacial score (nSPS) is 20.9. The lowest BCUT2D eigenvalue weighted by atomic mass is 9.89. The van der Waals surface area contributed by atoms with Gasteiger partial charge in [0.1, 0.15) is 0 Å². The molecule has 0 unspecified atom stereocenters. The Morgan fingerprint density at radius 3 is 2.55 bits per heavy atom. The molecule has 7 nitrogen and oxygen atoms in total. The molecule has 0 spiro atoms. The quantitative estimate of drug-likeness (QED) is 0.874. The van der Waals surface area contributed by atoms with Crippen LogP contribution in [-0.2, 0) is 4.74 Å². The minimum absolute atomic E-state index is 0.107. The van der Waals surface area contributed by atoms with Crippen LogP contribution < -0.4 is 16.7 Å². The number of aromatic amines is 1. The van der Waals surface area contributed by atoms with Crippen molar-refractivity contribution in [2.75, 3.05) is 25.1 Å². The summed E-state index contributed by atoms with van der Waals surface area (Å²) >= 11 is 0. The Kier molecular flexibility index (Phi) is 4.92. The van der Waals surface area contributed by atoms with Gasteiger partial charge in [0.05, 0.1) is 0 Å². The van der Waals surface area contributed by atoms with E-state index in [1.807, 2.05) is 0 Å². The fraction of sp³-hybridized carbons (Fsp3) is 0.800. The van der Waals surface area contributed by atoms with Gasteiger partial charge in [0.2, 0.25) is 5.95 Å². The second-order valence-corrected chi connectivity index (χ2v) is 6.27. The van der Waals surface area contributed by atoms with Crippen LogP contribution in [0.2, 0.25) is 0 Å². The van der Waals surface area contributed by atoms with Gasteiger partial charge >= 0.3 is 11.4 Å². The van der Waals surface area contributed by atoms with E-state index in [2.05, 4.69) is 15.3 Å². The molecular formula is C15H24N4O3. The molecule has 1 saturated heterocycles. The molecule has 2 heterocycles. The van der Waals surface area contributed by atoms with Gasteiger partial charge < -0.3 is 10.1 Å². The maximum absolute atomic E-state index is 12.2. The molecule has 1 aliphatic heterocycles. The van der Waals surface area contributed by atoms with Gasteiger partial charge in [-0.1, -0.05) is 19.3 Å². The lowest BCUT2D eigenvalue weighted by Gasteiger charge is -2.23. The minimum atomic E-state index is -0.471. The third kappa shape index (κ3) is 3.58. The van der Waals surface area contributed by atoms with E-state index in [1.165, 1.54) is 36.7 Å². The fourth-order valence-electron chi connectivity index (χ4n) is 3.41. The Labute approximate surface area is 129 Å². The van der Waals surface area contributed by atoms with Gasteiger partial charge in [-0.2, -0.15) is 4.98 Å². The Balaban J connectivity index is 1.68. The second-order valence-electron chi connectivity index (χ2n) is 6.27. The van der Waals surface area contributed by atoms with Crippen LogP contribution in [0.3, 0.4) is 0 Å². The van der Waals surface area contributed by atoms with E-state index in [-0.39, 0.29) is 11.7 Å². The molecule has 2 aliphatic rings. The molecule has 2 N–H and O–H groups in total. The lowest BCUT2D eigenvalue weighted by Crippen LogP contribution is -2.42. The fourth-order valence-corrected chi connectivity index (χ4v) is 3.41. The topological polar surface area (TPSA) is 89.0 Å². The van der Waals surface area contributed by atoms with Gasteiger partial charge in [-0.05, 0) is 31.6 Å². The first-order valence-corrected chi connectivity index (χ1v) is 8.28. The highest BCUT2D eigenvalue weighted by molar-refractivity contribution is 5.21. The monoisotopic (exact) mass is 308 g/mol. The maximum atomic E-state index is 12.2. The molecule has 2 fully saturated rings. The molecule has 0 aromatic carbocycles. The molecule has 0 amide bonds. The zero-order chi connectivity index (χ0) is 15.4. The van der Waals surface area contributed by atoms with Crippen molar-refractivity contribution < 1.29 is 4.74 Å². The highest BCUT2D eigenvalue weighted by Gasteiger charge is 2.20. The number of hydrogen-bond acceptors (Lipinski definition) is 5. The van der Waals surface area contributed by atoms with Gasteiger partial charge in [0, 0.05) is 25.8 Å². The summed E-state index contributed by atoms with van der Waals surface area (Å²) < 4.78 is 6.50. The average Bonchev–Trinajstić information content (AvgIpc) is 2.54. The zero-order valence-electron chi connectivity index (χ0n) is 12.8. The third-order valence-corrected chi connectivity index (χ3v) is 4.70. The number of nitrogens with one attached hydrogen (secondary N) is 2. The SMILES string of the molecule is O=c1nc(NCC2CCCCC2)[nH]c(=O)n1C1CCOCC1. The van der Waals surface area contributed by atoms with Crippen LogP contribution in [0.25, 0.3) is 0 Å². The summed E-state index contributed by atoms with van der Waals surface area (Å²) in [5.41, 5.74) is -0.847. The Morgan fingerprint density at radius 2 is 1.86 bits per heavy atom. The first-order chi connectivity index (χ1) is 10.7. The van der Waals surface area contributed by atoms with Crippen LogP contribution in [0.1, 0.15) is 51.0 Å². The van der Waals surface area contributed by atoms with Crippen molar-refractivity contribution in [1.82, 2.24) is 14.5 Å². The van der Waals surface area contributed by atoms with Crippen LogP contribution in [0.4, 0.5) is 5.95 Å². The van der Waals surface area contributed by atoms with Crippen molar-refractivity contribution in [3.8, 4) is 0 Å². The van der Waals surface area contributed by atoms with E-state index >= 15 is 0 Å². The van der Waals surface area contributed by atoms with Crippen LogP contribution in [0, 0.1) is 5.92 Å². The van der Waals surface area contributed by atoms with E-state index in [1.54, 1.807) is 0 Å². The molecule has 0 radical (unpaired) electrons. The van der Waals surface area contributed by atoms with Crippen molar-refractivity contribution >= 4 is 5.95 Å². The summed E-state index contributed by atoms with van der Waals surface area (Å²) in [7, 11) is 0. The van der Waals surface area contributed by atoms with E-state index in [9.17, 15) is 9.59 Å². The lowest BCUT2D eigenvalue weighted by molar-refractivity contribution is 0.0670. The zero-order valence-corrected chi connectivity index (χ0v) is 12.8. The van der Waals surface area contributed by atoms with E-state index in [0.717, 1.165) is 6.54 Å². The van der Waals surface area contributed by atoms with Crippen molar-refractivity contribution in [3.05, 3.63) is 21.0 Å². The van der Waals surface area contributed by atoms with Crippen molar-refractivity contribution in [2.45, 2.75) is 51.0 Å². The number of aromatic nitrogens is 3. The largest absolute Gasteiger partial charge is 0.381 e. The van der Waals surface area contributed by atoms with Gasteiger partial charge in [0.15, 0.2) is 0 Å². The predicted molar refractivity (Wildman–Crippen MR) is 83.3 cm³/mol. The van der Waals surface area contributed by atoms with Crippen molar-refractivity contribution in [3.63, 3.8) is 0 Å². The first-order valence-electron chi connectivity index (χ1n) is 8.28. The highest BCUT2D eigenvalue weighted by Crippen LogP contribution is 2.23. The Morgan fingerprint density at radius 1 is 1.14 bits per heavy atom. The van der Waals surface area contributed by atoms with Crippen molar-refractivity contribution in [1.29, 1.82) is 0 Å². The van der Waals surface area contributed by atoms with Crippen LogP contribution in [-0.4, -0.2) is 34.3 Å². The molecule has 22 heavy (non-hydrogen) atoms. The molecule has 7 heteroatoms. The van der Waals surface area contributed by atoms with Gasteiger partial charge in [0.25, 0.3) is 0 Å². The van der Waals surface area contributed by atoms with Crippen LogP contribution in [0.5, 0.6) is 0 Å². The molecule has 0 bridgehead atoms. The standard InChI is InChI=1S/C15H24N4O3/c20-14-17-13(16-10-11-4-2-1-3-5-11)18-15(21)19(14)12-6-8-22-9-7-12/h11-12H,1-10H2,(H2,16,17,18,20,21). The third-order valence-electron chi connectivity index (χ3n) is 4.70. The van der Waals surface area contributed by atoms with E-state index in [4.69, 9.17) is 4.74 Å². The molecule has 3 rings (SSSR count). The Bertz CT molecular complexity index is 566. The van der Waals surface area contributed by atoms with E-state index < -0.39 is 5.69 Å². The summed E-state index contributed by atoms with van der Waals surface area (Å²) in [5.74, 6) is 0.904. The maximum Gasteiger partial charge on any atom is 0.355 e. The van der Waals surface area contributed by atoms with Crippen LogP contribution in [0.15, 0.2) is 9.59 Å². The van der Waals surface area contributed by atoms with Crippen LogP contribution >= 0.6 is 0 Å². The number of hydrogen-bond donors (Lipinski definition) is 2. The Hall–Kier alpha value is -1.63. The van der Waals surface area contributed by atoms with E-state index in [0.29, 0.717) is 37.9 Å². The molecule has 1 aromatic heterocycles. The average molecular weight is 308 g/mol. The summed E-state index contributed by atoms with van der Waals surface area (Å²) in [6, 6.07) is -0.107. The minimum Gasteiger partial charge on any atom is -0.381 e.